The topological polar surface area (TPSA) is 73.2 Å². The third-order valence-electron chi connectivity index (χ3n) is 4.42. The number of hydrogen-bond acceptors (Lipinski definition) is 4. The van der Waals surface area contributed by atoms with Crippen LogP contribution in [-0.2, 0) is 6.54 Å². The van der Waals surface area contributed by atoms with Crippen LogP contribution in [0.15, 0.2) is 51.4 Å². The van der Waals surface area contributed by atoms with Gasteiger partial charge in [0.1, 0.15) is 17.1 Å². The van der Waals surface area contributed by atoms with Gasteiger partial charge in [-0.3, -0.25) is 9.36 Å². The molecule has 4 aromatic rings. The van der Waals surface area contributed by atoms with Crippen LogP contribution in [0.3, 0.4) is 0 Å². The zero-order valence-corrected chi connectivity index (χ0v) is 14.9. The molecule has 0 aliphatic rings. The van der Waals surface area contributed by atoms with Gasteiger partial charge in [0.25, 0.3) is 5.91 Å². The van der Waals surface area contributed by atoms with E-state index in [1.807, 2.05) is 67.8 Å². The molecule has 3 aromatic heterocycles. The molecule has 0 spiro atoms. The monoisotopic (exact) mass is 349 g/mol. The highest BCUT2D eigenvalue weighted by Crippen LogP contribution is 2.22. The molecule has 1 N–H and O–H groups in total. The van der Waals surface area contributed by atoms with Crippen LogP contribution < -0.4 is 5.32 Å². The van der Waals surface area contributed by atoms with E-state index in [4.69, 9.17) is 8.94 Å². The molecule has 0 fully saturated rings. The Morgan fingerprint density at radius 3 is 2.69 bits per heavy atom. The number of para-hydroxylation sites is 1. The van der Waals surface area contributed by atoms with Crippen molar-refractivity contribution in [2.75, 3.05) is 0 Å². The van der Waals surface area contributed by atoms with Gasteiger partial charge in [0, 0.05) is 22.8 Å². The van der Waals surface area contributed by atoms with Crippen molar-refractivity contribution in [1.82, 2.24) is 15.0 Å². The van der Waals surface area contributed by atoms with Crippen molar-refractivity contribution in [3.63, 3.8) is 0 Å². The standard InChI is InChI=1S/C20H19N3O3/c1-12-8-17(14(3)23(12)19-9-13(2)26-22-19)20(24)21-11-16-10-15-6-4-5-7-18(15)25-16/h4-10H,11H2,1-3H3,(H,21,24). The van der Waals surface area contributed by atoms with Crippen molar-refractivity contribution < 1.29 is 13.7 Å². The lowest BCUT2D eigenvalue weighted by Gasteiger charge is -2.06. The van der Waals surface area contributed by atoms with Crippen LogP contribution in [0.5, 0.6) is 0 Å². The van der Waals surface area contributed by atoms with E-state index >= 15 is 0 Å². The summed E-state index contributed by atoms with van der Waals surface area (Å²) in [5, 5.41) is 7.99. The summed E-state index contributed by atoms with van der Waals surface area (Å²) >= 11 is 0. The fourth-order valence-electron chi connectivity index (χ4n) is 3.19. The maximum atomic E-state index is 12.6. The average molecular weight is 349 g/mol. The summed E-state index contributed by atoms with van der Waals surface area (Å²) in [6, 6.07) is 13.4. The zero-order valence-electron chi connectivity index (χ0n) is 14.9. The first kappa shape index (κ1) is 16.2. The summed E-state index contributed by atoms with van der Waals surface area (Å²) < 4.78 is 12.8. The van der Waals surface area contributed by atoms with Crippen LogP contribution in [0.4, 0.5) is 0 Å². The van der Waals surface area contributed by atoms with Gasteiger partial charge in [-0.1, -0.05) is 23.4 Å². The van der Waals surface area contributed by atoms with Crippen LogP contribution in [0.2, 0.25) is 0 Å². The lowest BCUT2D eigenvalue weighted by atomic mass is 10.2. The Labute approximate surface area is 150 Å². The van der Waals surface area contributed by atoms with Gasteiger partial charge in [-0.05, 0) is 39.0 Å². The van der Waals surface area contributed by atoms with Crippen molar-refractivity contribution in [3.8, 4) is 5.82 Å². The predicted octanol–water partition coefficient (Wildman–Crippen LogP) is 4.07. The van der Waals surface area contributed by atoms with Gasteiger partial charge in [-0.2, -0.15) is 0 Å². The van der Waals surface area contributed by atoms with E-state index in [1.54, 1.807) is 0 Å². The summed E-state index contributed by atoms with van der Waals surface area (Å²) in [5.74, 6) is 1.97. The molecule has 0 radical (unpaired) electrons. The van der Waals surface area contributed by atoms with Gasteiger partial charge >= 0.3 is 0 Å². The van der Waals surface area contributed by atoms with Gasteiger partial charge in [-0.15, -0.1) is 0 Å². The Morgan fingerprint density at radius 1 is 1.15 bits per heavy atom. The number of carbonyl (C=O) groups excluding carboxylic acids is 1. The fraction of sp³-hybridized carbons (Fsp3) is 0.200. The van der Waals surface area contributed by atoms with Crippen molar-refractivity contribution in [1.29, 1.82) is 0 Å². The molecular weight excluding hydrogens is 330 g/mol. The average Bonchev–Trinajstić information content (AvgIpc) is 3.30. The minimum absolute atomic E-state index is 0.148. The van der Waals surface area contributed by atoms with Crippen molar-refractivity contribution in [2.45, 2.75) is 27.3 Å². The zero-order chi connectivity index (χ0) is 18.3. The quantitative estimate of drug-likeness (QED) is 0.603. The first-order chi connectivity index (χ1) is 12.5. The Hall–Kier alpha value is -3.28. The largest absolute Gasteiger partial charge is 0.459 e. The molecule has 0 unspecified atom stereocenters. The predicted molar refractivity (Wildman–Crippen MR) is 97.4 cm³/mol. The second-order valence-corrected chi connectivity index (χ2v) is 6.35. The fourth-order valence-corrected chi connectivity index (χ4v) is 3.19. The summed E-state index contributed by atoms with van der Waals surface area (Å²) in [7, 11) is 0. The number of fused-ring (bicyclic) bond motifs is 1. The van der Waals surface area contributed by atoms with Gasteiger partial charge in [0.2, 0.25) is 0 Å². The van der Waals surface area contributed by atoms with Crippen LogP contribution in [0.25, 0.3) is 16.8 Å². The van der Waals surface area contributed by atoms with E-state index in [1.165, 1.54) is 0 Å². The molecule has 1 amide bonds. The molecule has 0 bridgehead atoms. The van der Waals surface area contributed by atoms with Gasteiger partial charge in [0.15, 0.2) is 5.82 Å². The first-order valence-electron chi connectivity index (χ1n) is 8.41. The highest BCUT2D eigenvalue weighted by Gasteiger charge is 2.18. The van der Waals surface area contributed by atoms with E-state index in [0.29, 0.717) is 17.9 Å². The number of benzene rings is 1. The number of aromatic nitrogens is 2. The number of aryl methyl sites for hydroxylation is 2. The van der Waals surface area contributed by atoms with E-state index in [9.17, 15) is 4.79 Å². The Kier molecular flexibility index (Phi) is 3.88. The first-order valence-corrected chi connectivity index (χ1v) is 8.41. The summed E-state index contributed by atoms with van der Waals surface area (Å²) in [4.78, 5) is 12.6. The van der Waals surface area contributed by atoms with E-state index in [0.717, 1.165) is 33.9 Å². The van der Waals surface area contributed by atoms with Gasteiger partial charge in [0.05, 0.1) is 12.1 Å². The molecule has 0 atom stereocenters. The number of rotatable bonds is 4. The van der Waals surface area contributed by atoms with E-state index < -0.39 is 0 Å². The molecule has 0 saturated heterocycles. The number of carbonyl (C=O) groups is 1. The van der Waals surface area contributed by atoms with Crippen molar-refractivity contribution in [2.24, 2.45) is 0 Å². The van der Waals surface area contributed by atoms with Crippen LogP contribution in [0, 0.1) is 20.8 Å². The maximum Gasteiger partial charge on any atom is 0.253 e. The lowest BCUT2D eigenvalue weighted by molar-refractivity contribution is 0.0947. The molecule has 6 nitrogen and oxygen atoms in total. The van der Waals surface area contributed by atoms with E-state index in [-0.39, 0.29) is 5.91 Å². The minimum Gasteiger partial charge on any atom is -0.459 e. The lowest BCUT2D eigenvalue weighted by Crippen LogP contribution is -2.23. The third kappa shape index (κ3) is 2.79. The number of nitrogens with one attached hydrogen (secondary N) is 1. The van der Waals surface area contributed by atoms with Crippen LogP contribution in [0.1, 0.15) is 33.3 Å². The van der Waals surface area contributed by atoms with E-state index in [2.05, 4.69) is 10.5 Å². The number of nitrogens with zero attached hydrogens (tertiary/aromatic N) is 2. The summed E-state index contributed by atoms with van der Waals surface area (Å²) in [6.07, 6.45) is 0. The van der Waals surface area contributed by atoms with Crippen molar-refractivity contribution in [3.05, 3.63) is 70.9 Å². The highest BCUT2D eigenvalue weighted by molar-refractivity contribution is 5.95. The molecule has 4 rings (SSSR count). The minimum atomic E-state index is -0.148. The third-order valence-corrected chi connectivity index (χ3v) is 4.42. The molecule has 3 heterocycles. The number of hydrogen-bond donors (Lipinski definition) is 1. The Morgan fingerprint density at radius 2 is 1.96 bits per heavy atom. The molecule has 1 aromatic carbocycles. The smallest absolute Gasteiger partial charge is 0.253 e. The van der Waals surface area contributed by atoms with Crippen LogP contribution >= 0.6 is 0 Å². The molecule has 132 valence electrons. The molecule has 6 heteroatoms. The highest BCUT2D eigenvalue weighted by atomic mass is 16.5. The molecule has 0 aliphatic carbocycles. The summed E-state index contributed by atoms with van der Waals surface area (Å²) in [6.45, 7) is 6.01. The Bertz CT molecular complexity index is 1070. The number of furan rings is 1. The van der Waals surface area contributed by atoms with Gasteiger partial charge < -0.3 is 14.3 Å². The molecular formula is C20H19N3O3. The molecule has 0 saturated carbocycles. The van der Waals surface area contributed by atoms with Crippen LogP contribution in [-0.4, -0.2) is 15.6 Å². The maximum absolute atomic E-state index is 12.6. The second kappa shape index (κ2) is 6.22. The summed E-state index contributed by atoms with van der Waals surface area (Å²) in [5.41, 5.74) is 3.16. The van der Waals surface area contributed by atoms with Crippen molar-refractivity contribution >= 4 is 16.9 Å². The SMILES string of the molecule is Cc1cc(-n2c(C)cc(C(=O)NCc3cc4ccccc4o3)c2C)no1. The Balaban J connectivity index is 1.55. The second-order valence-electron chi connectivity index (χ2n) is 6.35. The van der Waals surface area contributed by atoms with Gasteiger partial charge in [-0.25, -0.2) is 0 Å². The molecule has 0 aliphatic heterocycles. The molecule has 26 heavy (non-hydrogen) atoms. The number of amides is 1. The normalized spacial score (nSPS) is 11.2.